The van der Waals surface area contributed by atoms with Crippen molar-refractivity contribution < 1.29 is 13.9 Å². The van der Waals surface area contributed by atoms with Gasteiger partial charge in [0.2, 0.25) is 0 Å². The summed E-state index contributed by atoms with van der Waals surface area (Å²) in [5.41, 5.74) is 0.589. The van der Waals surface area contributed by atoms with E-state index >= 15 is 0 Å². The van der Waals surface area contributed by atoms with Crippen molar-refractivity contribution >= 4 is 17.7 Å². The number of esters is 1. The van der Waals surface area contributed by atoms with E-state index in [1.54, 1.807) is 19.2 Å². The topological polar surface area (TPSA) is 52.3 Å². The van der Waals surface area contributed by atoms with E-state index in [0.717, 1.165) is 0 Å². The summed E-state index contributed by atoms with van der Waals surface area (Å²) in [6.07, 6.45) is 4.87. The molecule has 14 heavy (non-hydrogen) atoms. The Labute approximate surface area is 86.3 Å². The van der Waals surface area contributed by atoms with Gasteiger partial charge < -0.3 is 9.15 Å². The lowest BCUT2D eigenvalue weighted by atomic mass is 10.3. The Kier molecular flexibility index (Phi) is 4.25. The molecule has 0 N–H and O–H groups in total. The largest absolute Gasteiger partial charge is 0.466 e. The van der Waals surface area contributed by atoms with Gasteiger partial charge in [-0.3, -0.25) is 0 Å². The second kappa shape index (κ2) is 5.49. The molecular formula is C9H11NO3S. The monoisotopic (exact) mass is 213 g/mol. The molecule has 0 unspecified atom stereocenters. The average Bonchev–Trinajstić information content (AvgIpc) is 2.69. The molecule has 1 rings (SSSR count). The predicted molar refractivity (Wildman–Crippen MR) is 53.0 cm³/mol. The Balaban J connectivity index is 2.36. The highest BCUT2D eigenvalue weighted by atomic mass is 32.2. The number of methoxy groups -OCH3 is 1. The van der Waals surface area contributed by atoms with E-state index in [9.17, 15) is 4.79 Å². The maximum Gasteiger partial charge on any atom is 0.333 e. The smallest absolute Gasteiger partial charge is 0.333 e. The quantitative estimate of drug-likeness (QED) is 0.434. The molecule has 0 amide bonds. The summed E-state index contributed by atoms with van der Waals surface area (Å²) in [6.45, 7) is 1.71. The fourth-order valence-corrected chi connectivity index (χ4v) is 1.50. The normalized spacial score (nSPS) is 11.4. The summed E-state index contributed by atoms with van der Waals surface area (Å²) >= 11 is 1.42. The molecule has 0 radical (unpaired) electrons. The van der Waals surface area contributed by atoms with Crippen LogP contribution in [0.3, 0.4) is 0 Å². The van der Waals surface area contributed by atoms with Gasteiger partial charge in [0.05, 0.1) is 13.3 Å². The van der Waals surface area contributed by atoms with Crippen LogP contribution in [0.2, 0.25) is 0 Å². The molecule has 4 nitrogen and oxygen atoms in total. The van der Waals surface area contributed by atoms with Gasteiger partial charge in [0, 0.05) is 11.3 Å². The third-order valence-electron chi connectivity index (χ3n) is 1.51. The van der Waals surface area contributed by atoms with Gasteiger partial charge in [-0.2, -0.15) is 0 Å². The highest BCUT2D eigenvalue weighted by molar-refractivity contribution is 7.99. The molecule has 0 saturated heterocycles. The molecule has 0 saturated carbocycles. The van der Waals surface area contributed by atoms with Crippen LogP contribution in [0.4, 0.5) is 0 Å². The van der Waals surface area contributed by atoms with Crippen LogP contribution in [-0.4, -0.2) is 23.8 Å². The fraction of sp³-hybridized carbons (Fsp3) is 0.333. The van der Waals surface area contributed by atoms with E-state index in [0.29, 0.717) is 16.5 Å². The molecule has 0 bridgehead atoms. The number of rotatable bonds is 4. The van der Waals surface area contributed by atoms with Gasteiger partial charge in [0.1, 0.15) is 6.26 Å². The number of hydrogen-bond acceptors (Lipinski definition) is 5. The Hall–Kier alpha value is -1.23. The number of thioether (sulfide) groups is 1. The van der Waals surface area contributed by atoms with Crippen LogP contribution in [0.5, 0.6) is 0 Å². The molecule has 1 aromatic rings. The molecule has 0 aliphatic carbocycles. The lowest BCUT2D eigenvalue weighted by molar-refractivity contribution is -0.136. The van der Waals surface area contributed by atoms with Crippen molar-refractivity contribution in [1.82, 2.24) is 4.98 Å². The molecule has 76 valence electrons. The third kappa shape index (κ3) is 3.26. The first-order valence-corrected chi connectivity index (χ1v) is 5.00. The lowest BCUT2D eigenvalue weighted by Crippen LogP contribution is -2.01. The highest BCUT2D eigenvalue weighted by Crippen LogP contribution is 2.15. The summed E-state index contributed by atoms with van der Waals surface area (Å²) in [5.74, 6) is 0.333. The SMILES string of the molecule is COC(=O)/C(C)=C/CSc1ncco1. The van der Waals surface area contributed by atoms with Crippen LogP contribution in [0.1, 0.15) is 6.92 Å². The van der Waals surface area contributed by atoms with Crippen LogP contribution >= 0.6 is 11.8 Å². The van der Waals surface area contributed by atoms with Crippen molar-refractivity contribution in [1.29, 1.82) is 0 Å². The molecule has 0 spiro atoms. The van der Waals surface area contributed by atoms with Crippen molar-refractivity contribution in [3.05, 3.63) is 24.1 Å². The van der Waals surface area contributed by atoms with E-state index in [-0.39, 0.29) is 5.97 Å². The molecule has 0 aliphatic rings. The van der Waals surface area contributed by atoms with Crippen molar-refractivity contribution in [3.63, 3.8) is 0 Å². The minimum Gasteiger partial charge on any atom is -0.466 e. The fourth-order valence-electron chi connectivity index (χ4n) is 0.764. The lowest BCUT2D eigenvalue weighted by Gasteiger charge is -1.97. The summed E-state index contributed by atoms with van der Waals surface area (Å²) in [4.78, 5) is 14.9. The summed E-state index contributed by atoms with van der Waals surface area (Å²) in [5, 5.41) is 0.596. The number of oxazole rings is 1. The van der Waals surface area contributed by atoms with Gasteiger partial charge >= 0.3 is 5.97 Å². The zero-order valence-corrected chi connectivity index (χ0v) is 8.84. The number of nitrogens with zero attached hydrogens (tertiary/aromatic N) is 1. The molecule has 5 heteroatoms. The zero-order chi connectivity index (χ0) is 10.4. The van der Waals surface area contributed by atoms with Crippen molar-refractivity contribution in [2.75, 3.05) is 12.9 Å². The van der Waals surface area contributed by atoms with Crippen LogP contribution < -0.4 is 0 Å². The minimum atomic E-state index is -0.307. The summed E-state index contributed by atoms with van der Waals surface area (Å²) < 4.78 is 9.55. The number of ether oxygens (including phenoxy) is 1. The van der Waals surface area contributed by atoms with Gasteiger partial charge in [-0.15, -0.1) is 0 Å². The average molecular weight is 213 g/mol. The van der Waals surface area contributed by atoms with Crippen LogP contribution in [0.25, 0.3) is 0 Å². The summed E-state index contributed by atoms with van der Waals surface area (Å²) in [7, 11) is 1.36. The Morgan fingerprint density at radius 1 is 1.79 bits per heavy atom. The number of aromatic nitrogens is 1. The highest BCUT2D eigenvalue weighted by Gasteiger charge is 2.02. The molecule has 0 fully saturated rings. The standard InChI is InChI=1S/C9H11NO3S/c1-7(8(11)12-2)3-6-14-9-10-4-5-13-9/h3-5H,6H2,1-2H3/b7-3+. The number of carbonyl (C=O) groups is 1. The van der Waals surface area contributed by atoms with E-state index in [1.807, 2.05) is 0 Å². The molecule has 1 aromatic heterocycles. The van der Waals surface area contributed by atoms with Crippen molar-refractivity contribution in [3.8, 4) is 0 Å². The van der Waals surface area contributed by atoms with Crippen LogP contribution in [-0.2, 0) is 9.53 Å². The Morgan fingerprint density at radius 2 is 2.57 bits per heavy atom. The molecule has 0 aromatic carbocycles. The first-order chi connectivity index (χ1) is 6.74. The number of hydrogen-bond donors (Lipinski definition) is 0. The van der Waals surface area contributed by atoms with Crippen molar-refractivity contribution in [2.24, 2.45) is 0 Å². The number of carbonyl (C=O) groups excluding carboxylic acids is 1. The third-order valence-corrected chi connectivity index (χ3v) is 2.30. The second-order valence-corrected chi connectivity index (χ2v) is 3.46. The first kappa shape index (κ1) is 10.8. The molecule has 1 heterocycles. The van der Waals surface area contributed by atoms with Gasteiger partial charge in [-0.1, -0.05) is 17.8 Å². The van der Waals surface area contributed by atoms with Gasteiger partial charge in [-0.25, -0.2) is 9.78 Å². The van der Waals surface area contributed by atoms with Crippen molar-refractivity contribution in [2.45, 2.75) is 12.1 Å². The van der Waals surface area contributed by atoms with Gasteiger partial charge in [0.25, 0.3) is 5.22 Å². The van der Waals surface area contributed by atoms with E-state index in [4.69, 9.17) is 4.42 Å². The Morgan fingerprint density at radius 3 is 3.14 bits per heavy atom. The minimum absolute atomic E-state index is 0.307. The van der Waals surface area contributed by atoms with Gasteiger partial charge in [0.15, 0.2) is 0 Å². The van der Waals surface area contributed by atoms with Crippen LogP contribution in [0, 0.1) is 0 Å². The van der Waals surface area contributed by atoms with E-state index in [1.165, 1.54) is 25.1 Å². The molecular weight excluding hydrogens is 202 g/mol. The first-order valence-electron chi connectivity index (χ1n) is 4.01. The second-order valence-electron chi connectivity index (χ2n) is 2.49. The van der Waals surface area contributed by atoms with E-state index < -0.39 is 0 Å². The van der Waals surface area contributed by atoms with Crippen LogP contribution in [0.15, 0.2) is 33.7 Å². The summed E-state index contributed by atoms with van der Waals surface area (Å²) in [6, 6.07) is 0. The van der Waals surface area contributed by atoms with E-state index in [2.05, 4.69) is 9.72 Å². The maximum atomic E-state index is 11.0. The maximum absolute atomic E-state index is 11.0. The van der Waals surface area contributed by atoms with Gasteiger partial charge in [-0.05, 0) is 6.92 Å². The zero-order valence-electron chi connectivity index (χ0n) is 8.02. The Bertz CT molecular complexity index is 319. The molecule has 0 atom stereocenters. The molecule has 0 aliphatic heterocycles. The predicted octanol–water partition coefficient (Wildman–Crippen LogP) is 1.89.